The molecule has 0 aliphatic carbocycles. The van der Waals surface area contributed by atoms with Crippen LogP contribution in [0.4, 0.5) is 26.3 Å². The van der Waals surface area contributed by atoms with Crippen LogP contribution >= 0.6 is 0 Å². The fraction of sp³-hybridized carbons (Fsp3) is 0.409. The predicted molar refractivity (Wildman–Crippen MR) is 101 cm³/mol. The van der Waals surface area contributed by atoms with Gasteiger partial charge in [0.1, 0.15) is 0 Å². The van der Waals surface area contributed by atoms with Crippen molar-refractivity contribution >= 4 is 5.91 Å². The molecule has 0 spiro atoms. The van der Waals surface area contributed by atoms with E-state index in [1.807, 2.05) is 30.3 Å². The van der Waals surface area contributed by atoms with Crippen molar-refractivity contribution < 1.29 is 35.9 Å². The number of alkyl halides is 6. The third-order valence-corrected chi connectivity index (χ3v) is 5.41. The molecular formula is C22H21F6NO2. The highest BCUT2D eigenvalue weighted by molar-refractivity contribution is 5.95. The summed E-state index contributed by atoms with van der Waals surface area (Å²) in [4.78, 5) is 14.5. The van der Waals surface area contributed by atoms with Crippen LogP contribution in [0.25, 0.3) is 0 Å². The van der Waals surface area contributed by atoms with E-state index in [4.69, 9.17) is 4.74 Å². The van der Waals surface area contributed by atoms with Crippen LogP contribution < -0.4 is 0 Å². The number of carbonyl (C=O) groups is 1. The average Bonchev–Trinajstić information content (AvgIpc) is 2.72. The Labute approximate surface area is 175 Å². The smallest absolute Gasteiger partial charge is 0.381 e. The van der Waals surface area contributed by atoms with Crippen molar-refractivity contribution in [2.45, 2.75) is 43.8 Å². The molecular weight excluding hydrogens is 424 g/mol. The van der Waals surface area contributed by atoms with Crippen LogP contribution in [0.3, 0.4) is 0 Å². The summed E-state index contributed by atoms with van der Waals surface area (Å²) in [6.45, 7) is 0.173. The number of rotatable bonds is 4. The van der Waals surface area contributed by atoms with E-state index >= 15 is 0 Å². The van der Waals surface area contributed by atoms with E-state index in [1.54, 1.807) is 0 Å². The molecule has 0 radical (unpaired) electrons. The Balaban J connectivity index is 1.96. The van der Waals surface area contributed by atoms with Crippen LogP contribution in [0.1, 0.15) is 39.9 Å². The van der Waals surface area contributed by atoms with Crippen molar-refractivity contribution in [2.24, 2.45) is 0 Å². The first-order valence-corrected chi connectivity index (χ1v) is 9.66. The number of carbonyl (C=O) groups excluding carboxylic acids is 1. The van der Waals surface area contributed by atoms with Gasteiger partial charge in [-0.3, -0.25) is 4.79 Å². The van der Waals surface area contributed by atoms with Crippen LogP contribution in [0, 0.1) is 0 Å². The van der Waals surface area contributed by atoms with Gasteiger partial charge >= 0.3 is 12.4 Å². The maximum Gasteiger partial charge on any atom is 0.416 e. The lowest BCUT2D eigenvalue weighted by Gasteiger charge is -2.39. The first-order valence-electron chi connectivity index (χ1n) is 9.66. The number of hydrogen-bond acceptors (Lipinski definition) is 2. The van der Waals surface area contributed by atoms with Crippen molar-refractivity contribution in [1.29, 1.82) is 0 Å². The van der Waals surface area contributed by atoms with Gasteiger partial charge in [-0.15, -0.1) is 0 Å². The lowest BCUT2D eigenvalue weighted by Crippen LogP contribution is -2.49. The standard InChI is InChI=1S/C22H21F6NO2/c1-31-19-7-8-29(18(13-19)9-14-5-3-2-4-6-14)20(30)15-10-16(21(23,24)25)12-17(11-15)22(26,27)28/h2-6,10-12,18-19H,7-9,13H2,1H3. The largest absolute Gasteiger partial charge is 0.416 e. The number of hydrogen-bond donors (Lipinski definition) is 0. The van der Waals surface area contributed by atoms with Crippen LogP contribution in [-0.4, -0.2) is 36.6 Å². The summed E-state index contributed by atoms with van der Waals surface area (Å²) in [5.41, 5.74) is -2.73. The topological polar surface area (TPSA) is 29.5 Å². The molecule has 1 aliphatic heterocycles. The Kier molecular flexibility index (Phi) is 6.64. The van der Waals surface area contributed by atoms with E-state index in [-0.39, 0.29) is 18.7 Å². The van der Waals surface area contributed by atoms with Crippen molar-refractivity contribution in [1.82, 2.24) is 4.90 Å². The number of ether oxygens (including phenoxy) is 1. The third-order valence-electron chi connectivity index (χ3n) is 5.41. The normalized spacial score (nSPS) is 20.0. The molecule has 0 N–H and O–H groups in total. The molecule has 3 rings (SSSR count). The van der Waals surface area contributed by atoms with E-state index in [0.29, 0.717) is 31.4 Å². The number of halogens is 6. The minimum Gasteiger partial charge on any atom is -0.381 e. The summed E-state index contributed by atoms with van der Waals surface area (Å²) in [7, 11) is 1.53. The molecule has 1 amide bonds. The molecule has 2 atom stereocenters. The van der Waals surface area contributed by atoms with Gasteiger partial charge in [-0.2, -0.15) is 26.3 Å². The Bertz CT molecular complexity index is 878. The van der Waals surface area contributed by atoms with Gasteiger partial charge in [-0.25, -0.2) is 0 Å². The van der Waals surface area contributed by atoms with E-state index < -0.39 is 41.0 Å². The van der Waals surface area contributed by atoms with Gasteiger partial charge in [-0.05, 0) is 43.0 Å². The van der Waals surface area contributed by atoms with Crippen molar-refractivity contribution in [3.8, 4) is 0 Å². The summed E-state index contributed by atoms with van der Waals surface area (Å²) >= 11 is 0. The van der Waals surface area contributed by atoms with Gasteiger partial charge in [0.15, 0.2) is 0 Å². The van der Waals surface area contributed by atoms with Gasteiger partial charge in [0.25, 0.3) is 5.91 Å². The molecule has 2 unspecified atom stereocenters. The molecule has 3 nitrogen and oxygen atoms in total. The fourth-order valence-electron chi connectivity index (χ4n) is 3.82. The summed E-state index contributed by atoms with van der Waals surface area (Å²) in [5.74, 6) is -0.855. The van der Waals surface area contributed by atoms with E-state index in [2.05, 4.69) is 0 Å². The van der Waals surface area contributed by atoms with E-state index in [0.717, 1.165) is 5.56 Å². The molecule has 2 aromatic carbocycles. The molecule has 168 valence electrons. The zero-order valence-electron chi connectivity index (χ0n) is 16.6. The molecule has 9 heteroatoms. The summed E-state index contributed by atoms with van der Waals surface area (Å²) in [5, 5.41) is 0. The minimum absolute atomic E-state index is 0.0232. The Morgan fingerprint density at radius 1 is 1.00 bits per heavy atom. The summed E-state index contributed by atoms with van der Waals surface area (Å²) in [6.07, 6.45) is -8.88. The van der Waals surface area contributed by atoms with Crippen LogP contribution in [-0.2, 0) is 23.5 Å². The third kappa shape index (κ3) is 5.58. The Morgan fingerprint density at radius 3 is 2.10 bits per heavy atom. The van der Waals surface area contributed by atoms with E-state index in [1.165, 1.54) is 12.0 Å². The average molecular weight is 445 g/mol. The lowest BCUT2D eigenvalue weighted by molar-refractivity contribution is -0.143. The monoisotopic (exact) mass is 445 g/mol. The highest BCUT2D eigenvalue weighted by Gasteiger charge is 2.39. The molecule has 31 heavy (non-hydrogen) atoms. The van der Waals surface area contributed by atoms with Gasteiger partial charge in [0, 0.05) is 25.3 Å². The van der Waals surface area contributed by atoms with Gasteiger partial charge in [-0.1, -0.05) is 30.3 Å². The predicted octanol–water partition coefficient (Wildman–Crippen LogP) is 5.59. The van der Waals surface area contributed by atoms with Crippen LogP contribution in [0.2, 0.25) is 0 Å². The molecule has 0 bridgehead atoms. The Hall–Kier alpha value is -2.55. The maximum atomic E-state index is 13.2. The second-order valence-electron chi connectivity index (χ2n) is 7.52. The summed E-state index contributed by atoms with van der Waals surface area (Å²) in [6, 6.07) is 9.75. The molecule has 1 fully saturated rings. The van der Waals surface area contributed by atoms with Gasteiger partial charge in [0.2, 0.25) is 0 Å². The summed E-state index contributed by atoms with van der Waals surface area (Å²) < 4.78 is 84.5. The number of nitrogens with zero attached hydrogens (tertiary/aromatic N) is 1. The first-order chi connectivity index (χ1) is 14.5. The molecule has 1 aliphatic rings. The second-order valence-corrected chi connectivity index (χ2v) is 7.52. The highest BCUT2D eigenvalue weighted by Crippen LogP contribution is 2.37. The van der Waals surface area contributed by atoms with Crippen molar-refractivity contribution in [3.05, 3.63) is 70.8 Å². The number of methoxy groups -OCH3 is 1. The maximum absolute atomic E-state index is 13.2. The Morgan fingerprint density at radius 2 is 1.58 bits per heavy atom. The molecule has 2 aromatic rings. The molecule has 0 saturated carbocycles. The lowest BCUT2D eigenvalue weighted by atomic mass is 9.92. The second kappa shape index (κ2) is 8.90. The van der Waals surface area contributed by atoms with Crippen molar-refractivity contribution in [2.75, 3.05) is 13.7 Å². The zero-order chi connectivity index (χ0) is 22.8. The molecule has 0 aromatic heterocycles. The number of likely N-dealkylation sites (tertiary alicyclic amines) is 1. The van der Waals surface area contributed by atoms with Gasteiger partial charge in [0.05, 0.1) is 17.2 Å². The van der Waals surface area contributed by atoms with Crippen LogP contribution in [0.5, 0.6) is 0 Å². The molecule has 1 heterocycles. The first kappa shape index (κ1) is 23.1. The zero-order valence-corrected chi connectivity index (χ0v) is 16.6. The van der Waals surface area contributed by atoms with Crippen LogP contribution in [0.15, 0.2) is 48.5 Å². The fourth-order valence-corrected chi connectivity index (χ4v) is 3.82. The van der Waals surface area contributed by atoms with E-state index in [9.17, 15) is 31.1 Å². The minimum atomic E-state index is -5.01. The number of piperidine rings is 1. The number of benzene rings is 2. The van der Waals surface area contributed by atoms with Gasteiger partial charge < -0.3 is 9.64 Å². The van der Waals surface area contributed by atoms with Crippen molar-refractivity contribution in [3.63, 3.8) is 0 Å². The SMILES string of the molecule is COC1CCN(C(=O)c2cc(C(F)(F)F)cc(C(F)(F)F)c2)C(Cc2ccccc2)C1. The quantitative estimate of drug-likeness (QED) is 0.575. The molecule has 1 saturated heterocycles. The highest BCUT2D eigenvalue weighted by atomic mass is 19.4. The number of amides is 1.